The first-order valence-electron chi connectivity index (χ1n) is 7.36. The molecule has 1 fully saturated rings. The van der Waals surface area contributed by atoms with E-state index in [0.717, 1.165) is 43.5 Å². The smallest absolute Gasteiger partial charge is 0.218 e. The number of methoxy groups -OCH3 is 1. The lowest BCUT2D eigenvalue weighted by atomic mass is 10.3. The highest BCUT2D eigenvalue weighted by Crippen LogP contribution is 2.19. The van der Waals surface area contributed by atoms with Gasteiger partial charge in [0.2, 0.25) is 5.88 Å². The van der Waals surface area contributed by atoms with E-state index in [1.54, 1.807) is 18.0 Å². The summed E-state index contributed by atoms with van der Waals surface area (Å²) in [4.78, 5) is 12.8. The highest BCUT2D eigenvalue weighted by atomic mass is 16.5. The second kappa shape index (κ2) is 5.67. The fourth-order valence-corrected chi connectivity index (χ4v) is 2.67. The molecule has 0 bridgehead atoms. The molecule has 23 heavy (non-hydrogen) atoms. The number of hydrogen-bond donors (Lipinski definition) is 0. The van der Waals surface area contributed by atoms with E-state index in [2.05, 4.69) is 35.1 Å². The highest BCUT2D eigenvalue weighted by molar-refractivity contribution is 5.48. The molecule has 0 unspecified atom stereocenters. The molecule has 9 heteroatoms. The Kier molecular flexibility index (Phi) is 3.37. The maximum Gasteiger partial charge on any atom is 0.218 e. The summed E-state index contributed by atoms with van der Waals surface area (Å²) in [5, 5.41) is 12.4. The van der Waals surface area contributed by atoms with Crippen molar-refractivity contribution in [3.05, 3.63) is 30.9 Å². The zero-order valence-corrected chi connectivity index (χ0v) is 12.7. The maximum absolute atomic E-state index is 5.16. The fourth-order valence-electron chi connectivity index (χ4n) is 2.67. The standard InChI is InChI=1S/C14H16N8O/c1-23-14-8-13(15-9-16-14)21-6-4-20(5-7-21)12-3-2-11-18-17-10-22(11)19-12/h2-3,8-10H,4-7H2,1H3. The van der Waals surface area contributed by atoms with Crippen molar-refractivity contribution in [1.82, 2.24) is 29.8 Å². The van der Waals surface area contributed by atoms with Crippen LogP contribution in [0.15, 0.2) is 30.9 Å². The zero-order valence-electron chi connectivity index (χ0n) is 12.7. The first-order valence-corrected chi connectivity index (χ1v) is 7.36. The van der Waals surface area contributed by atoms with Gasteiger partial charge >= 0.3 is 0 Å². The molecule has 0 N–H and O–H groups in total. The van der Waals surface area contributed by atoms with Crippen LogP contribution in [0.3, 0.4) is 0 Å². The minimum absolute atomic E-state index is 0.581. The number of fused-ring (bicyclic) bond motifs is 1. The molecule has 0 saturated carbocycles. The van der Waals surface area contributed by atoms with Gasteiger partial charge in [0.15, 0.2) is 5.65 Å². The average molecular weight is 312 g/mol. The van der Waals surface area contributed by atoms with Crippen LogP contribution in [0.4, 0.5) is 11.6 Å². The molecule has 3 aromatic rings. The van der Waals surface area contributed by atoms with Gasteiger partial charge in [-0.15, -0.1) is 15.3 Å². The van der Waals surface area contributed by atoms with Gasteiger partial charge in [-0.1, -0.05) is 0 Å². The van der Waals surface area contributed by atoms with Crippen molar-refractivity contribution in [3.8, 4) is 5.88 Å². The van der Waals surface area contributed by atoms with Crippen molar-refractivity contribution >= 4 is 17.3 Å². The lowest BCUT2D eigenvalue weighted by molar-refractivity contribution is 0.396. The summed E-state index contributed by atoms with van der Waals surface area (Å²) in [6.45, 7) is 3.46. The Hall–Kier alpha value is -2.97. The normalized spacial score (nSPS) is 15.2. The van der Waals surface area contributed by atoms with Crippen LogP contribution in [0.1, 0.15) is 0 Å². The Morgan fingerprint density at radius 3 is 2.57 bits per heavy atom. The van der Waals surface area contributed by atoms with Gasteiger partial charge in [0.05, 0.1) is 7.11 Å². The van der Waals surface area contributed by atoms with Crippen LogP contribution in [-0.2, 0) is 0 Å². The first-order chi connectivity index (χ1) is 11.3. The van der Waals surface area contributed by atoms with Crippen LogP contribution < -0.4 is 14.5 Å². The predicted molar refractivity (Wildman–Crippen MR) is 83.8 cm³/mol. The lowest BCUT2D eigenvalue weighted by Crippen LogP contribution is -2.47. The predicted octanol–water partition coefficient (Wildman–Crippen LogP) is 0.249. The van der Waals surface area contributed by atoms with Crippen LogP contribution in [-0.4, -0.2) is 63.1 Å². The Morgan fingerprint density at radius 1 is 1.00 bits per heavy atom. The van der Waals surface area contributed by atoms with Crippen molar-refractivity contribution in [2.24, 2.45) is 0 Å². The van der Waals surface area contributed by atoms with Crippen molar-refractivity contribution in [1.29, 1.82) is 0 Å². The minimum atomic E-state index is 0.581. The monoisotopic (exact) mass is 312 g/mol. The van der Waals surface area contributed by atoms with Gasteiger partial charge in [0.25, 0.3) is 0 Å². The summed E-state index contributed by atoms with van der Waals surface area (Å²) in [5.74, 6) is 2.40. The van der Waals surface area contributed by atoms with E-state index in [1.807, 2.05) is 18.2 Å². The summed E-state index contributed by atoms with van der Waals surface area (Å²) < 4.78 is 6.85. The van der Waals surface area contributed by atoms with Crippen LogP contribution in [0, 0.1) is 0 Å². The molecular formula is C14H16N8O. The second-order valence-electron chi connectivity index (χ2n) is 5.22. The van der Waals surface area contributed by atoms with Crippen LogP contribution in [0.5, 0.6) is 5.88 Å². The Balaban J connectivity index is 1.47. The molecule has 3 aromatic heterocycles. The third-order valence-corrected chi connectivity index (χ3v) is 3.91. The van der Waals surface area contributed by atoms with E-state index >= 15 is 0 Å². The van der Waals surface area contributed by atoms with Gasteiger partial charge in [0.1, 0.15) is 24.3 Å². The van der Waals surface area contributed by atoms with Gasteiger partial charge in [-0.05, 0) is 12.1 Å². The van der Waals surface area contributed by atoms with Crippen molar-refractivity contribution in [3.63, 3.8) is 0 Å². The summed E-state index contributed by atoms with van der Waals surface area (Å²) in [7, 11) is 1.61. The lowest BCUT2D eigenvalue weighted by Gasteiger charge is -2.35. The molecule has 0 aromatic carbocycles. The molecule has 0 spiro atoms. The summed E-state index contributed by atoms with van der Waals surface area (Å²) in [5.41, 5.74) is 0.750. The maximum atomic E-state index is 5.16. The van der Waals surface area contributed by atoms with Gasteiger partial charge in [0, 0.05) is 32.2 Å². The number of rotatable bonds is 3. The van der Waals surface area contributed by atoms with Crippen LogP contribution in [0.2, 0.25) is 0 Å². The fraction of sp³-hybridized carbons (Fsp3) is 0.357. The topological polar surface area (TPSA) is 84.6 Å². The molecular weight excluding hydrogens is 296 g/mol. The molecule has 0 radical (unpaired) electrons. The van der Waals surface area contributed by atoms with Gasteiger partial charge < -0.3 is 14.5 Å². The van der Waals surface area contributed by atoms with Gasteiger partial charge in [-0.25, -0.2) is 9.97 Å². The van der Waals surface area contributed by atoms with E-state index in [1.165, 1.54) is 6.33 Å². The van der Waals surface area contributed by atoms with E-state index in [4.69, 9.17) is 4.74 Å². The van der Waals surface area contributed by atoms with Crippen molar-refractivity contribution < 1.29 is 4.74 Å². The molecule has 1 aliphatic heterocycles. The molecule has 1 aliphatic rings. The molecule has 4 heterocycles. The summed E-state index contributed by atoms with van der Waals surface area (Å²) >= 11 is 0. The Labute approximate surface area is 132 Å². The highest BCUT2D eigenvalue weighted by Gasteiger charge is 2.20. The SMILES string of the molecule is COc1cc(N2CCN(c3ccc4nncn4n3)CC2)ncn1. The van der Waals surface area contributed by atoms with E-state index in [0.29, 0.717) is 5.88 Å². The number of ether oxygens (including phenoxy) is 1. The van der Waals surface area contributed by atoms with Crippen LogP contribution >= 0.6 is 0 Å². The van der Waals surface area contributed by atoms with Crippen molar-refractivity contribution in [2.45, 2.75) is 0 Å². The third-order valence-electron chi connectivity index (χ3n) is 3.91. The Morgan fingerprint density at radius 2 is 1.78 bits per heavy atom. The largest absolute Gasteiger partial charge is 0.481 e. The minimum Gasteiger partial charge on any atom is -0.481 e. The molecule has 0 amide bonds. The van der Waals surface area contributed by atoms with Crippen LogP contribution in [0.25, 0.3) is 5.65 Å². The average Bonchev–Trinajstić information content (AvgIpc) is 3.09. The van der Waals surface area contributed by atoms with Crippen molar-refractivity contribution in [2.75, 3.05) is 43.1 Å². The van der Waals surface area contributed by atoms with E-state index < -0.39 is 0 Å². The number of piperazine rings is 1. The second-order valence-corrected chi connectivity index (χ2v) is 5.22. The summed E-state index contributed by atoms with van der Waals surface area (Å²) in [6, 6.07) is 5.77. The van der Waals surface area contributed by atoms with E-state index in [-0.39, 0.29) is 0 Å². The van der Waals surface area contributed by atoms with E-state index in [9.17, 15) is 0 Å². The van der Waals surface area contributed by atoms with Gasteiger partial charge in [-0.2, -0.15) is 4.52 Å². The third kappa shape index (κ3) is 2.60. The molecule has 4 rings (SSSR count). The zero-order chi connectivity index (χ0) is 15.6. The van der Waals surface area contributed by atoms with Gasteiger partial charge in [-0.3, -0.25) is 0 Å². The molecule has 118 valence electrons. The first kappa shape index (κ1) is 13.7. The number of aromatic nitrogens is 6. The molecule has 0 aliphatic carbocycles. The molecule has 0 atom stereocenters. The number of hydrogen-bond acceptors (Lipinski definition) is 8. The quantitative estimate of drug-likeness (QED) is 0.680. The molecule has 9 nitrogen and oxygen atoms in total. The number of nitrogens with zero attached hydrogens (tertiary/aromatic N) is 8. The summed E-state index contributed by atoms with van der Waals surface area (Å²) in [6.07, 6.45) is 3.14. The Bertz CT molecular complexity index is 811. The molecule has 1 saturated heterocycles. The number of anilines is 2.